The lowest BCUT2D eigenvalue weighted by Gasteiger charge is -2.28. The molecule has 7 nitrogen and oxygen atoms in total. The maximum atomic E-state index is 12.7. The molecule has 0 spiro atoms. The summed E-state index contributed by atoms with van der Waals surface area (Å²) in [6.45, 7) is 0. The van der Waals surface area contributed by atoms with Gasteiger partial charge in [0.2, 0.25) is 3.79 Å². The summed E-state index contributed by atoms with van der Waals surface area (Å²) in [5, 5.41) is 8.48. The van der Waals surface area contributed by atoms with Crippen molar-refractivity contribution in [2.45, 2.75) is 9.96 Å². The van der Waals surface area contributed by atoms with E-state index in [2.05, 4.69) is 16.0 Å². The second-order valence-electron chi connectivity index (χ2n) is 5.84. The van der Waals surface area contributed by atoms with Crippen molar-refractivity contribution in [3.8, 4) is 17.2 Å². The monoisotopic (exact) mass is 491 g/mol. The molecular formula is C19H20Cl3N3O4S. The van der Waals surface area contributed by atoms with Gasteiger partial charge in [0.25, 0.3) is 5.91 Å². The van der Waals surface area contributed by atoms with E-state index in [1.165, 1.54) is 20.3 Å². The average Bonchev–Trinajstić information content (AvgIpc) is 2.72. The van der Waals surface area contributed by atoms with Gasteiger partial charge in [0.05, 0.1) is 21.3 Å². The zero-order chi connectivity index (χ0) is 22.3. The smallest absolute Gasteiger partial charge is 0.253 e. The first kappa shape index (κ1) is 24.1. The van der Waals surface area contributed by atoms with E-state index in [-0.39, 0.29) is 10.7 Å². The zero-order valence-electron chi connectivity index (χ0n) is 16.3. The lowest BCUT2D eigenvalue weighted by molar-refractivity contribution is 0.0934. The summed E-state index contributed by atoms with van der Waals surface area (Å²) in [7, 11) is 4.53. The van der Waals surface area contributed by atoms with Crippen molar-refractivity contribution < 1.29 is 19.0 Å². The predicted molar refractivity (Wildman–Crippen MR) is 123 cm³/mol. The molecule has 1 amide bonds. The van der Waals surface area contributed by atoms with Crippen LogP contribution in [0.3, 0.4) is 0 Å². The van der Waals surface area contributed by atoms with Gasteiger partial charge < -0.3 is 30.2 Å². The highest BCUT2D eigenvalue weighted by atomic mass is 35.6. The van der Waals surface area contributed by atoms with Crippen molar-refractivity contribution >= 4 is 63.7 Å². The first-order valence-electron chi connectivity index (χ1n) is 8.49. The van der Waals surface area contributed by atoms with Crippen molar-refractivity contribution in [2.75, 3.05) is 26.6 Å². The second kappa shape index (κ2) is 10.8. The van der Waals surface area contributed by atoms with E-state index < -0.39 is 15.9 Å². The van der Waals surface area contributed by atoms with Crippen molar-refractivity contribution in [2.24, 2.45) is 0 Å². The molecule has 0 aromatic heterocycles. The summed E-state index contributed by atoms with van der Waals surface area (Å²) in [6.07, 6.45) is -1.12. The van der Waals surface area contributed by atoms with Crippen LogP contribution in [-0.4, -0.2) is 42.3 Å². The molecule has 30 heavy (non-hydrogen) atoms. The Labute approximate surface area is 194 Å². The minimum Gasteiger partial charge on any atom is -0.497 e. The standard InChI is InChI=1S/C19H20Cl3N3O4S/c1-27-13-7-5-12(6-8-13)23-18(30)25-17(19(20,21)22)24-16(26)11-4-9-14(28-2)15(10-11)29-3/h4-10,17H,1-3H3,(H,24,26)(H2,23,25,30). The lowest BCUT2D eigenvalue weighted by Crippen LogP contribution is -2.56. The molecule has 0 fully saturated rings. The summed E-state index contributed by atoms with van der Waals surface area (Å²) in [4.78, 5) is 12.7. The highest BCUT2D eigenvalue weighted by Gasteiger charge is 2.35. The molecule has 0 aliphatic heterocycles. The minimum atomic E-state index is -1.89. The Morgan fingerprint density at radius 3 is 2.10 bits per heavy atom. The Balaban J connectivity index is 2.10. The van der Waals surface area contributed by atoms with E-state index in [4.69, 9.17) is 61.2 Å². The zero-order valence-corrected chi connectivity index (χ0v) is 19.4. The Hall–Kier alpha value is -2.13. The van der Waals surface area contributed by atoms with Crippen LogP contribution in [-0.2, 0) is 0 Å². The Morgan fingerprint density at radius 1 is 0.933 bits per heavy atom. The van der Waals surface area contributed by atoms with Gasteiger partial charge in [-0.15, -0.1) is 0 Å². The number of rotatable bonds is 7. The molecular weight excluding hydrogens is 473 g/mol. The molecule has 162 valence electrons. The third-order valence-corrected chi connectivity index (χ3v) is 4.75. The molecule has 1 unspecified atom stereocenters. The van der Waals surface area contributed by atoms with Crippen LogP contribution in [0.5, 0.6) is 17.2 Å². The molecule has 0 bridgehead atoms. The van der Waals surface area contributed by atoms with Crippen LogP contribution in [0.1, 0.15) is 10.4 Å². The molecule has 0 saturated carbocycles. The number of ether oxygens (including phenoxy) is 3. The summed E-state index contributed by atoms with van der Waals surface area (Å²) in [6, 6.07) is 11.7. The SMILES string of the molecule is COc1ccc(NC(=S)NC(NC(=O)c2ccc(OC)c(OC)c2)C(Cl)(Cl)Cl)cc1. The van der Waals surface area contributed by atoms with Gasteiger partial charge in [0.15, 0.2) is 16.6 Å². The van der Waals surface area contributed by atoms with Gasteiger partial charge in [-0.05, 0) is 54.7 Å². The molecule has 0 saturated heterocycles. The Morgan fingerprint density at radius 2 is 1.57 bits per heavy atom. The quantitative estimate of drug-likeness (QED) is 0.305. The van der Waals surface area contributed by atoms with Gasteiger partial charge in [-0.3, -0.25) is 4.79 Å². The number of alkyl halides is 3. The van der Waals surface area contributed by atoms with Crippen LogP contribution >= 0.6 is 47.0 Å². The molecule has 1 atom stereocenters. The first-order valence-corrected chi connectivity index (χ1v) is 10.0. The largest absolute Gasteiger partial charge is 0.497 e. The van der Waals surface area contributed by atoms with E-state index in [1.807, 2.05) is 0 Å². The van der Waals surface area contributed by atoms with E-state index in [1.54, 1.807) is 43.5 Å². The second-order valence-corrected chi connectivity index (χ2v) is 8.62. The van der Waals surface area contributed by atoms with Gasteiger partial charge >= 0.3 is 0 Å². The number of anilines is 1. The average molecular weight is 493 g/mol. The number of methoxy groups -OCH3 is 3. The number of amides is 1. The van der Waals surface area contributed by atoms with Crippen LogP contribution in [0, 0.1) is 0 Å². The molecule has 0 radical (unpaired) electrons. The van der Waals surface area contributed by atoms with Crippen LogP contribution in [0.25, 0.3) is 0 Å². The number of nitrogens with one attached hydrogen (secondary N) is 3. The number of hydrogen-bond donors (Lipinski definition) is 3. The fraction of sp³-hybridized carbons (Fsp3) is 0.263. The van der Waals surface area contributed by atoms with Crippen LogP contribution in [0.2, 0.25) is 0 Å². The van der Waals surface area contributed by atoms with Gasteiger partial charge in [-0.2, -0.15) is 0 Å². The van der Waals surface area contributed by atoms with Gasteiger partial charge in [-0.25, -0.2) is 0 Å². The van der Waals surface area contributed by atoms with Crippen molar-refractivity contribution in [3.63, 3.8) is 0 Å². The van der Waals surface area contributed by atoms with Crippen molar-refractivity contribution in [3.05, 3.63) is 48.0 Å². The van der Waals surface area contributed by atoms with Gasteiger partial charge in [0.1, 0.15) is 11.9 Å². The van der Waals surface area contributed by atoms with E-state index in [0.717, 1.165) is 0 Å². The number of thiocarbonyl (C=S) groups is 1. The summed E-state index contributed by atoms with van der Waals surface area (Å²) in [5.41, 5.74) is 0.963. The Bertz CT molecular complexity index is 892. The number of hydrogen-bond acceptors (Lipinski definition) is 5. The summed E-state index contributed by atoms with van der Waals surface area (Å²) in [5.74, 6) is 1.06. The molecule has 2 aromatic carbocycles. The van der Waals surface area contributed by atoms with Gasteiger partial charge in [-0.1, -0.05) is 34.8 Å². The number of benzene rings is 2. The fourth-order valence-corrected chi connectivity index (χ4v) is 2.93. The molecule has 0 aliphatic rings. The van der Waals surface area contributed by atoms with E-state index in [0.29, 0.717) is 22.9 Å². The summed E-state index contributed by atoms with van der Waals surface area (Å²) >= 11 is 23.4. The molecule has 2 rings (SSSR count). The third kappa shape index (κ3) is 6.70. The van der Waals surface area contributed by atoms with E-state index >= 15 is 0 Å². The molecule has 2 aromatic rings. The molecule has 0 aliphatic carbocycles. The minimum absolute atomic E-state index is 0.143. The molecule has 0 heterocycles. The number of carbonyl (C=O) groups excluding carboxylic acids is 1. The normalized spacial score (nSPS) is 11.8. The first-order chi connectivity index (χ1) is 14.2. The van der Waals surface area contributed by atoms with Gasteiger partial charge in [0, 0.05) is 11.3 Å². The fourth-order valence-electron chi connectivity index (χ4n) is 2.36. The van der Waals surface area contributed by atoms with E-state index in [9.17, 15) is 4.79 Å². The maximum absolute atomic E-state index is 12.7. The number of halogens is 3. The summed E-state index contributed by atoms with van der Waals surface area (Å²) < 4.78 is 13.6. The topological polar surface area (TPSA) is 80.9 Å². The predicted octanol–water partition coefficient (Wildman–Crippen LogP) is 4.13. The maximum Gasteiger partial charge on any atom is 0.253 e. The molecule has 11 heteroatoms. The highest BCUT2D eigenvalue weighted by Crippen LogP contribution is 2.30. The third-order valence-electron chi connectivity index (χ3n) is 3.87. The van der Waals surface area contributed by atoms with Crippen molar-refractivity contribution in [1.82, 2.24) is 10.6 Å². The van der Waals surface area contributed by atoms with Crippen LogP contribution < -0.4 is 30.2 Å². The lowest BCUT2D eigenvalue weighted by atomic mass is 10.2. The van der Waals surface area contributed by atoms with Crippen LogP contribution in [0.15, 0.2) is 42.5 Å². The van der Waals surface area contributed by atoms with Crippen LogP contribution in [0.4, 0.5) is 5.69 Å². The molecule has 3 N–H and O–H groups in total. The van der Waals surface area contributed by atoms with Crippen molar-refractivity contribution in [1.29, 1.82) is 0 Å². The highest BCUT2D eigenvalue weighted by molar-refractivity contribution is 7.80. The number of carbonyl (C=O) groups is 1. The Kier molecular flexibility index (Phi) is 8.66.